The summed E-state index contributed by atoms with van der Waals surface area (Å²) in [4.78, 5) is 22.2. The van der Waals surface area contributed by atoms with Gasteiger partial charge in [0, 0.05) is 7.11 Å². The summed E-state index contributed by atoms with van der Waals surface area (Å²) in [7, 11) is 1.27. The number of rotatable bonds is 7. The zero-order chi connectivity index (χ0) is 15.1. The molecule has 0 aliphatic rings. The van der Waals surface area contributed by atoms with Crippen LogP contribution in [0.5, 0.6) is 5.75 Å². The van der Waals surface area contributed by atoms with E-state index >= 15 is 0 Å². The Bertz CT molecular complexity index is 486. The van der Waals surface area contributed by atoms with Crippen molar-refractivity contribution in [1.29, 1.82) is 0 Å². The first-order valence-electron chi connectivity index (χ1n) is 6.16. The number of carboxylic acids is 1. The number of hydrogen-bond acceptors (Lipinski definition) is 4. The van der Waals surface area contributed by atoms with E-state index < -0.39 is 18.0 Å². The van der Waals surface area contributed by atoms with E-state index in [0.717, 1.165) is 11.1 Å². The van der Waals surface area contributed by atoms with Crippen molar-refractivity contribution in [3.05, 3.63) is 29.3 Å². The first-order chi connectivity index (χ1) is 9.43. The van der Waals surface area contributed by atoms with Gasteiger partial charge in [0.1, 0.15) is 5.75 Å². The Balaban J connectivity index is 2.39. The molecule has 110 valence electrons. The SMILES string of the molecule is COC(CNC(=O)COc1ccc(C)c(C)c1)C(=O)O. The number of benzene rings is 1. The lowest BCUT2D eigenvalue weighted by molar-refractivity contribution is -0.148. The Labute approximate surface area is 117 Å². The first kappa shape index (κ1) is 16.0. The number of nitrogens with one attached hydrogen (secondary N) is 1. The number of carbonyl (C=O) groups excluding carboxylic acids is 1. The molecule has 0 aromatic heterocycles. The van der Waals surface area contributed by atoms with Crippen LogP contribution in [0.4, 0.5) is 0 Å². The number of hydrogen-bond donors (Lipinski definition) is 2. The number of carbonyl (C=O) groups is 2. The molecule has 1 aromatic rings. The molecule has 1 aromatic carbocycles. The molecular formula is C14H19NO5. The molecule has 0 spiro atoms. The monoisotopic (exact) mass is 281 g/mol. The van der Waals surface area contributed by atoms with Gasteiger partial charge in [-0.25, -0.2) is 4.79 Å². The quantitative estimate of drug-likeness (QED) is 0.775. The van der Waals surface area contributed by atoms with Gasteiger partial charge in [-0.3, -0.25) is 4.79 Å². The van der Waals surface area contributed by atoms with Crippen molar-refractivity contribution < 1.29 is 24.2 Å². The second-order valence-corrected chi connectivity index (χ2v) is 4.40. The van der Waals surface area contributed by atoms with Crippen molar-refractivity contribution >= 4 is 11.9 Å². The van der Waals surface area contributed by atoms with E-state index in [0.29, 0.717) is 5.75 Å². The summed E-state index contributed by atoms with van der Waals surface area (Å²) >= 11 is 0. The minimum absolute atomic E-state index is 0.0963. The maximum atomic E-state index is 11.5. The van der Waals surface area contributed by atoms with Crippen LogP contribution in [-0.2, 0) is 14.3 Å². The summed E-state index contributed by atoms with van der Waals surface area (Å²) in [6.07, 6.45) is -1.06. The number of ether oxygens (including phenoxy) is 2. The van der Waals surface area contributed by atoms with Crippen LogP contribution >= 0.6 is 0 Å². The van der Waals surface area contributed by atoms with Crippen LogP contribution in [0.2, 0.25) is 0 Å². The molecule has 0 fully saturated rings. The van der Waals surface area contributed by atoms with Gasteiger partial charge in [0.05, 0.1) is 6.54 Å². The van der Waals surface area contributed by atoms with Crippen molar-refractivity contribution in [2.24, 2.45) is 0 Å². The molecule has 1 atom stereocenters. The van der Waals surface area contributed by atoms with Gasteiger partial charge in [-0.05, 0) is 37.1 Å². The molecule has 20 heavy (non-hydrogen) atoms. The van der Waals surface area contributed by atoms with Crippen LogP contribution in [0.25, 0.3) is 0 Å². The van der Waals surface area contributed by atoms with Gasteiger partial charge < -0.3 is 19.9 Å². The Morgan fingerprint density at radius 2 is 2.00 bits per heavy atom. The van der Waals surface area contributed by atoms with E-state index in [1.807, 2.05) is 26.0 Å². The Kier molecular flexibility index (Phi) is 5.99. The van der Waals surface area contributed by atoms with Crippen LogP contribution in [0.1, 0.15) is 11.1 Å². The van der Waals surface area contributed by atoms with Crippen molar-refractivity contribution in [1.82, 2.24) is 5.32 Å². The predicted octanol–water partition coefficient (Wildman–Crippen LogP) is 0.898. The molecule has 0 radical (unpaired) electrons. The lowest BCUT2D eigenvalue weighted by Gasteiger charge is -2.12. The second kappa shape index (κ2) is 7.49. The second-order valence-electron chi connectivity index (χ2n) is 4.40. The van der Waals surface area contributed by atoms with E-state index in [1.54, 1.807) is 6.07 Å². The van der Waals surface area contributed by atoms with Gasteiger partial charge in [-0.1, -0.05) is 6.07 Å². The summed E-state index contributed by atoms with van der Waals surface area (Å²) in [5.41, 5.74) is 2.22. The van der Waals surface area contributed by atoms with E-state index in [2.05, 4.69) is 5.32 Å². The molecule has 1 rings (SSSR count). The Hall–Kier alpha value is -2.08. The topological polar surface area (TPSA) is 84.9 Å². The highest BCUT2D eigenvalue weighted by atomic mass is 16.5. The molecule has 0 aliphatic heterocycles. The van der Waals surface area contributed by atoms with Gasteiger partial charge in [0.15, 0.2) is 12.7 Å². The van der Waals surface area contributed by atoms with Crippen LogP contribution in [0.15, 0.2) is 18.2 Å². The largest absolute Gasteiger partial charge is 0.484 e. The van der Waals surface area contributed by atoms with Crippen LogP contribution in [-0.4, -0.2) is 43.3 Å². The van der Waals surface area contributed by atoms with Crippen molar-refractivity contribution in [2.45, 2.75) is 20.0 Å². The molecule has 6 nitrogen and oxygen atoms in total. The van der Waals surface area contributed by atoms with Gasteiger partial charge in [-0.2, -0.15) is 0 Å². The lowest BCUT2D eigenvalue weighted by atomic mass is 10.1. The third-order valence-electron chi connectivity index (χ3n) is 2.89. The summed E-state index contributed by atoms with van der Waals surface area (Å²) in [6.45, 7) is 3.68. The first-order valence-corrected chi connectivity index (χ1v) is 6.16. The third-order valence-corrected chi connectivity index (χ3v) is 2.89. The highest BCUT2D eigenvalue weighted by Gasteiger charge is 2.17. The third kappa shape index (κ3) is 4.89. The summed E-state index contributed by atoms with van der Waals surface area (Å²) < 4.78 is 10.0. The van der Waals surface area contributed by atoms with Crippen molar-refractivity contribution in [3.63, 3.8) is 0 Å². The van der Waals surface area contributed by atoms with Gasteiger partial charge in [-0.15, -0.1) is 0 Å². The molecule has 1 unspecified atom stereocenters. The van der Waals surface area contributed by atoms with Gasteiger partial charge >= 0.3 is 5.97 Å². The Morgan fingerprint density at radius 1 is 1.30 bits per heavy atom. The minimum Gasteiger partial charge on any atom is -0.484 e. The predicted molar refractivity (Wildman–Crippen MR) is 72.9 cm³/mol. The van der Waals surface area contributed by atoms with Crippen molar-refractivity contribution in [3.8, 4) is 5.75 Å². The fourth-order valence-electron chi connectivity index (χ4n) is 1.48. The average molecular weight is 281 g/mol. The van der Waals surface area contributed by atoms with Gasteiger partial charge in [0.25, 0.3) is 5.91 Å². The van der Waals surface area contributed by atoms with E-state index in [9.17, 15) is 9.59 Å². The van der Waals surface area contributed by atoms with E-state index in [1.165, 1.54) is 7.11 Å². The molecule has 6 heteroatoms. The molecule has 2 N–H and O–H groups in total. The lowest BCUT2D eigenvalue weighted by Crippen LogP contribution is -2.39. The summed E-state index contributed by atoms with van der Waals surface area (Å²) in [5.74, 6) is -0.917. The fourth-order valence-corrected chi connectivity index (χ4v) is 1.48. The van der Waals surface area contributed by atoms with Gasteiger partial charge in [0.2, 0.25) is 0 Å². The normalized spacial score (nSPS) is 11.8. The molecule has 0 saturated carbocycles. The molecule has 0 bridgehead atoms. The number of amides is 1. The number of methoxy groups -OCH3 is 1. The standard InChI is InChI=1S/C14H19NO5/c1-9-4-5-11(6-10(9)2)20-8-13(16)15-7-12(19-3)14(17)18/h4-6,12H,7-8H2,1-3H3,(H,15,16)(H,17,18). The smallest absolute Gasteiger partial charge is 0.334 e. The number of carboxylic acid groups (broad SMARTS) is 1. The summed E-state index contributed by atoms with van der Waals surface area (Å²) in [6, 6.07) is 5.54. The minimum atomic E-state index is -1.12. The number of aryl methyl sites for hydroxylation is 2. The Morgan fingerprint density at radius 3 is 2.55 bits per heavy atom. The maximum Gasteiger partial charge on any atom is 0.334 e. The van der Waals surface area contributed by atoms with E-state index in [4.69, 9.17) is 14.6 Å². The molecule has 1 amide bonds. The molecule has 0 heterocycles. The fraction of sp³-hybridized carbons (Fsp3) is 0.429. The van der Waals surface area contributed by atoms with Crippen LogP contribution in [0, 0.1) is 13.8 Å². The highest BCUT2D eigenvalue weighted by molar-refractivity contribution is 5.79. The molecule has 0 saturated heterocycles. The molecular weight excluding hydrogens is 262 g/mol. The van der Waals surface area contributed by atoms with E-state index in [-0.39, 0.29) is 13.2 Å². The zero-order valence-electron chi connectivity index (χ0n) is 11.8. The van der Waals surface area contributed by atoms with Crippen LogP contribution in [0.3, 0.4) is 0 Å². The summed E-state index contributed by atoms with van der Waals surface area (Å²) in [5, 5.41) is 11.2. The molecule has 0 aliphatic carbocycles. The van der Waals surface area contributed by atoms with Crippen LogP contribution < -0.4 is 10.1 Å². The zero-order valence-corrected chi connectivity index (χ0v) is 11.8. The maximum absolute atomic E-state index is 11.5. The number of aliphatic carboxylic acids is 1. The highest BCUT2D eigenvalue weighted by Crippen LogP contribution is 2.16. The average Bonchev–Trinajstić information content (AvgIpc) is 2.40. The van der Waals surface area contributed by atoms with Crippen molar-refractivity contribution in [2.75, 3.05) is 20.3 Å².